The zero-order valence-electron chi connectivity index (χ0n) is 13.2. The van der Waals surface area contributed by atoms with Crippen molar-refractivity contribution in [2.75, 3.05) is 20.7 Å². The topological polar surface area (TPSA) is 45.7 Å². The number of benzene rings is 1. The first-order valence-electron chi connectivity index (χ1n) is 7.09. The number of hydrogen-bond donors (Lipinski definition) is 2. The molecule has 0 spiro atoms. The fourth-order valence-corrected chi connectivity index (χ4v) is 1.91. The minimum absolute atomic E-state index is 0. The van der Waals surface area contributed by atoms with Gasteiger partial charge in [0, 0.05) is 32.1 Å². The summed E-state index contributed by atoms with van der Waals surface area (Å²) >= 11 is 0. The highest BCUT2D eigenvalue weighted by Gasteiger charge is 2.25. The number of alkyl halides is 3. The van der Waals surface area contributed by atoms with Crippen molar-refractivity contribution >= 4 is 29.9 Å². The molecule has 132 valence electrons. The molecule has 0 fully saturated rings. The van der Waals surface area contributed by atoms with Gasteiger partial charge in [0.05, 0.1) is 7.11 Å². The van der Waals surface area contributed by atoms with E-state index in [1.807, 2.05) is 24.3 Å². The summed E-state index contributed by atoms with van der Waals surface area (Å²) < 4.78 is 41.3. The third-order valence-corrected chi connectivity index (χ3v) is 3.04. The predicted molar refractivity (Wildman–Crippen MR) is 96.5 cm³/mol. The van der Waals surface area contributed by atoms with E-state index in [1.54, 1.807) is 14.2 Å². The Balaban J connectivity index is 0.00000484. The number of nitrogens with one attached hydrogen (secondary N) is 2. The van der Waals surface area contributed by atoms with Crippen LogP contribution < -0.4 is 15.4 Å². The number of guanidine groups is 1. The summed E-state index contributed by atoms with van der Waals surface area (Å²) in [4.78, 5) is 4.04. The molecular formula is C15H23F3IN3O. The Hall–Kier alpha value is -1.19. The first kappa shape index (κ1) is 21.8. The van der Waals surface area contributed by atoms with Crippen molar-refractivity contribution in [3.8, 4) is 5.75 Å². The van der Waals surface area contributed by atoms with Crippen LogP contribution in [-0.2, 0) is 6.54 Å². The van der Waals surface area contributed by atoms with E-state index in [0.29, 0.717) is 25.5 Å². The van der Waals surface area contributed by atoms with Gasteiger partial charge < -0.3 is 15.4 Å². The molecule has 4 nitrogen and oxygen atoms in total. The monoisotopic (exact) mass is 445 g/mol. The van der Waals surface area contributed by atoms with Crippen LogP contribution in [0.2, 0.25) is 0 Å². The molecule has 0 aliphatic heterocycles. The van der Waals surface area contributed by atoms with Gasteiger partial charge in [-0.1, -0.05) is 18.2 Å². The largest absolute Gasteiger partial charge is 0.496 e. The van der Waals surface area contributed by atoms with Gasteiger partial charge >= 0.3 is 6.18 Å². The molecule has 23 heavy (non-hydrogen) atoms. The summed E-state index contributed by atoms with van der Waals surface area (Å²) in [7, 11) is 3.22. The second-order valence-corrected chi connectivity index (χ2v) is 4.74. The first-order chi connectivity index (χ1) is 10.5. The van der Waals surface area contributed by atoms with Gasteiger partial charge in [-0.15, -0.1) is 24.0 Å². The van der Waals surface area contributed by atoms with Crippen molar-refractivity contribution < 1.29 is 17.9 Å². The lowest BCUT2D eigenvalue weighted by Crippen LogP contribution is -2.37. The predicted octanol–water partition coefficient (Wildman–Crippen LogP) is 3.71. The number of rotatable bonds is 7. The molecule has 0 saturated heterocycles. The summed E-state index contributed by atoms with van der Waals surface area (Å²) in [5.41, 5.74) is 0.977. The maximum absolute atomic E-state index is 12.0. The maximum atomic E-state index is 12.0. The first-order valence-corrected chi connectivity index (χ1v) is 7.09. The number of nitrogens with zero attached hydrogens (tertiary/aromatic N) is 1. The van der Waals surface area contributed by atoms with Crippen LogP contribution in [0, 0.1) is 0 Å². The average molecular weight is 445 g/mol. The van der Waals surface area contributed by atoms with Crippen LogP contribution in [0.1, 0.15) is 24.8 Å². The molecule has 0 unspecified atom stereocenters. The lowest BCUT2D eigenvalue weighted by atomic mass is 10.2. The van der Waals surface area contributed by atoms with Crippen molar-refractivity contribution in [3.63, 3.8) is 0 Å². The van der Waals surface area contributed by atoms with Crippen molar-refractivity contribution in [1.29, 1.82) is 0 Å². The van der Waals surface area contributed by atoms with Gasteiger partial charge in [-0.3, -0.25) is 4.99 Å². The van der Waals surface area contributed by atoms with E-state index in [1.165, 1.54) is 0 Å². The fourth-order valence-electron chi connectivity index (χ4n) is 1.91. The number of hydrogen-bond acceptors (Lipinski definition) is 2. The molecule has 8 heteroatoms. The number of methoxy groups -OCH3 is 1. The molecule has 0 heterocycles. The van der Waals surface area contributed by atoms with E-state index in [2.05, 4.69) is 15.6 Å². The molecule has 1 aromatic rings. The standard InChI is InChI=1S/C15H22F3N3O.HI/c1-19-14(20-10-6-5-9-15(16,17)18)21-11-12-7-3-4-8-13(12)22-2;/h3-4,7-8H,5-6,9-11H2,1-2H3,(H2,19,20,21);1H. The molecular weight excluding hydrogens is 422 g/mol. The molecule has 2 N–H and O–H groups in total. The summed E-state index contributed by atoms with van der Waals surface area (Å²) in [5, 5.41) is 6.10. The Kier molecular flexibility index (Phi) is 10.8. The maximum Gasteiger partial charge on any atom is 0.389 e. The highest BCUT2D eigenvalue weighted by molar-refractivity contribution is 14.0. The number of unbranched alkanes of at least 4 members (excludes halogenated alkanes) is 1. The van der Waals surface area contributed by atoms with Crippen molar-refractivity contribution in [1.82, 2.24) is 10.6 Å². The molecule has 0 aliphatic carbocycles. The summed E-state index contributed by atoms with van der Waals surface area (Å²) in [6, 6.07) is 7.59. The molecule has 0 bridgehead atoms. The molecule has 0 radical (unpaired) electrons. The van der Waals surface area contributed by atoms with Gasteiger partial charge in [0.25, 0.3) is 0 Å². The lowest BCUT2D eigenvalue weighted by molar-refractivity contribution is -0.135. The Morgan fingerprint density at radius 2 is 1.87 bits per heavy atom. The third kappa shape index (κ3) is 9.52. The van der Waals surface area contributed by atoms with Crippen molar-refractivity contribution in [2.45, 2.75) is 32.0 Å². The summed E-state index contributed by atoms with van der Waals surface area (Å²) in [5.74, 6) is 1.33. The lowest BCUT2D eigenvalue weighted by Gasteiger charge is -2.13. The van der Waals surface area contributed by atoms with E-state index in [0.717, 1.165) is 11.3 Å². The number of ether oxygens (including phenoxy) is 1. The van der Waals surface area contributed by atoms with Gasteiger partial charge in [0.1, 0.15) is 5.75 Å². The van der Waals surface area contributed by atoms with E-state index in [9.17, 15) is 13.2 Å². The number of aliphatic imine (C=N–C) groups is 1. The van der Waals surface area contributed by atoms with Crippen molar-refractivity contribution in [3.05, 3.63) is 29.8 Å². The smallest absolute Gasteiger partial charge is 0.389 e. The van der Waals surface area contributed by atoms with Gasteiger partial charge in [-0.05, 0) is 18.9 Å². The van der Waals surface area contributed by atoms with E-state index < -0.39 is 12.6 Å². The van der Waals surface area contributed by atoms with Crippen molar-refractivity contribution in [2.24, 2.45) is 4.99 Å². The zero-order chi connectivity index (χ0) is 16.4. The average Bonchev–Trinajstić information content (AvgIpc) is 2.49. The second kappa shape index (κ2) is 11.4. The van der Waals surface area contributed by atoms with Crippen LogP contribution in [0.4, 0.5) is 13.2 Å². The van der Waals surface area contributed by atoms with Crippen LogP contribution in [0.25, 0.3) is 0 Å². The molecule has 1 aromatic carbocycles. The van der Waals surface area contributed by atoms with Gasteiger partial charge in [-0.25, -0.2) is 0 Å². The molecule has 0 saturated carbocycles. The van der Waals surface area contributed by atoms with Gasteiger partial charge in [0.2, 0.25) is 0 Å². The van der Waals surface area contributed by atoms with E-state index >= 15 is 0 Å². The minimum atomic E-state index is -4.08. The molecule has 1 rings (SSSR count). The second-order valence-electron chi connectivity index (χ2n) is 4.74. The summed E-state index contributed by atoms with van der Waals surface area (Å²) in [6.07, 6.45) is -4.28. The quantitative estimate of drug-likeness (QED) is 0.291. The van der Waals surface area contributed by atoms with Crippen LogP contribution >= 0.6 is 24.0 Å². The van der Waals surface area contributed by atoms with Crippen LogP contribution in [0.5, 0.6) is 5.75 Å². The fraction of sp³-hybridized carbons (Fsp3) is 0.533. The zero-order valence-corrected chi connectivity index (χ0v) is 15.6. The third-order valence-electron chi connectivity index (χ3n) is 3.04. The van der Waals surface area contributed by atoms with E-state index in [4.69, 9.17) is 4.74 Å². The molecule has 0 atom stereocenters. The normalized spacial score (nSPS) is 11.6. The van der Waals surface area contributed by atoms with Crippen LogP contribution in [-0.4, -0.2) is 32.8 Å². The van der Waals surface area contributed by atoms with Crippen LogP contribution in [0.3, 0.4) is 0 Å². The Morgan fingerprint density at radius 3 is 2.48 bits per heavy atom. The van der Waals surface area contributed by atoms with Gasteiger partial charge in [0.15, 0.2) is 5.96 Å². The molecule has 0 aromatic heterocycles. The Morgan fingerprint density at radius 1 is 1.17 bits per heavy atom. The van der Waals surface area contributed by atoms with Gasteiger partial charge in [-0.2, -0.15) is 13.2 Å². The Labute approximate surface area is 151 Å². The van der Waals surface area contributed by atoms with Crippen LogP contribution in [0.15, 0.2) is 29.3 Å². The summed E-state index contributed by atoms with van der Waals surface area (Å²) in [6.45, 7) is 0.966. The number of halogens is 4. The SMILES string of the molecule is CN=C(NCCCCC(F)(F)F)NCc1ccccc1OC.I. The molecule has 0 aliphatic rings. The Bertz CT molecular complexity index is 481. The van der Waals surface area contributed by atoms with E-state index in [-0.39, 0.29) is 30.4 Å². The minimum Gasteiger partial charge on any atom is -0.496 e. The molecule has 0 amide bonds. The number of para-hydroxylation sites is 1. The highest BCUT2D eigenvalue weighted by Crippen LogP contribution is 2.21. The highest BCUT2D eigenvalue weighted by atomic mass is 127.